The van der Waals surface area contributed by atoms with Crippen LogP contribution < -0.4 is 5.32 Å². The molecule has 0 amide bonds. The molecule has 28 heavy (non-hydrogen) atoms. The Bertz CT molecular complexity index is 1020. The van der Waals surface area contributed by atoms with Crippen molar-refractivity contribution < 1.29 is 0 Å². The fourth-order valence-corrected chi connectivity index (χ4v) is 4.58. The molecular formula is C24H19N3S. The molecule has 0 bridgehead atoms. The van der Waals surface area contributed by atoms with Crippen LogP contribution in [0, 0.1) is 0 Å². The smallest absolute Gasteiger partial charge is 0.0526 e. The number of hydrogen-bond acceptors (Lipinski definition) is 4. The standard InChI is InChI=1S/C24H19N3S/c1-3-21-23(15-19(1)13-17-5-9-25-10-6-17)28-24-16-20(2-4-22(24)27-21)14-18-7-11-26-12-8-18/h1-12,15-16,27H,13-14H2. The first-order valence-corrected chi connectivity index (χ1v) is 10.1. The van der Waals surface area contributed by atoms with E-state index in [0.717, 1.165) is 12.8 Å². The molecule has 0 atom stereocenters. The van der Waals surface area contributed by atoms with Crippen LogP contribution in [0.1, 0.15) is 22.3 Å². The maximum absolute atomic E-state index is 4.10. The molecule has 3 nitrogen and oxygen atoms in total. The molecule has 2 aromatic carbocycles. The third-order valence-electron chi connectivity index (χ3n) is 4.90. The van der Waals surface area contributed by atoms with Gasteiger partial charge in [-0.3, -0.25) is 9.97 Å². The van der Waals surface area contributed by atoms with Crippen molar-refractivity contribution in [2.75, 3.05) is 5.32 Å². The summed E-state index contributed by atoms with van der Waals surface area (Å²) in [5.74, 6) is 0. The minimum Gasteiger partial charge on any atom is -0.354 e. The van der Waals surface area contributed by atoms with Crippen LogP contribution >= 0.6 is 11.8 Å². The van der Waals surface area contributed by atoms with E-state index in [-0.39, 0.29) is 0 Å². The lowest BCUT2D eigenvalue weighted by atomic mass is 10.0. The van der Waals surface area contributed by atoms with Crippen molar-refractivity contribution in [3.05, 3.63) is 108 Å². The molecule has 3 heterocycles. The maximum atomic E-state index is 4.10. The van der Waals surface area contributed by atoms with E-state index in [4.69, 9.17) is 0 Å². The monoisotopic (exact) mass is 381 g/mol. The lowest BCUT2D eigenvalue weighted by Crippen LogP contribution is -2.02. The quantitative estimate of drug-likeness (QED) is 0.423. The predicted molar refractivity (Wildman–Crippen MR) is 114 cm³/mol. The third-order valence-corrected chi connectivity index (χ3v) is 6.01. The van der Waals surface area contributed by atoms with Gasteiger partial charge in [-0.05, 0) is 83.6 Å². The largest absolute Gasteiger partial charge is 0.354 e. The van der Waals surface area contributed by atoms with Crippen LogP contribution in [0.25, 0.3) is 0 Å². The van der Waals surface area contributed by atoms with Gasteiger partial charge in [0.15, 0.2) is 0 Å². The molecule has 1 N–H and O–H groups in total. The van der Waals surface area contributed by atoms with Gasteiger partial charge in [-0.2, -0.15) is 0 Å². The fraction of sp³-hybridized carbons (Fsp3) is 0.0833. The number of benzene rings is 2. The predicted octanol–water partition coefficient (Wildman–Crippen LogP) is 5.87. The van der Waals surface area contributed by atoms with Gasteiger partial charge in [-0.25, -0.2) is 0 Å². The van der Waals surface area contributed by atoms with Crippen molar-refractivity contribution in [2.24, 2.45) is 0 Å². The number of pyridine rings is 2. The molecule has 0 fully saturated rings. The molecule has 4 aromatic rings. The molecule has 136 valence electrons. The first-order chi connectivity index (χ1) is 13.8. The maximum Gasteiger partial charge on any atom is 0.0526 e. The summed E-state index contributed by atoms with van der Waals surface area (Å²) in [4.78, 5) is 10.8. The Morgan fingerprint density at radius 1 is 0.571 bits per heavy atom. The van der Waals surface area contributed by atoms with Gasteiger partial charge < -0.3 is 5.32 Å². The summed E-state index contributed by atoms with van der Waals surface area (Å²) >= 11 is 1.84. The molecule has 1 aliphatic heterocycles. The Balaban J connectivity index is 1.39. The summed E-state index contributed by atoms with van der Waals surface area (Å²) in [5.41, 5.74) is 7.55. The molecule has 0 spiro atoms. The van der Waals surface area contributed by atoms with Crippen molar-refractivity contribution in [1.82, 2.24) is 9.97 Å². The Morgan fingerprint density at radius 2 is 1.04 bits per heavy atom. The molecular weight excluding hydrogens is 362 g/mol. The van der Waals surface area contributed by atoms with Crippen LogP contribution in [0.3, 0.4) is 0 Å². The second-order valence-electron chi connectivity index (χ2n) is 6.95. The summed E-state index contributed by atoms with van der Waals surface area (Å²) in [6.07, 6.45) is 9.25. The molecule has 0 saturated heterocycles. The minimum absolute atomic E-state index is 0.922. The van der Waals surface area contributed by atoms with Gasteiger partial charge in [-0.15, -0.1) is 0 Å². The second-order valence-corrected chi connectivity index (χ2v) is 8.04. The van der Waals surface area contributed by atoms with Crippen LogP contribution in [0.15, 0.2) is 95.2 Å². The Hall–Kier alpha value is -3.11. The highest BCUT2D eigenvalue weighted by atomic mass is 32.2. The number of hydrogen-bond donors (Lipinski definition) is 1. The van der Waals surface area contributed by atoms with Gasteiger partial charge >= 0.3 is 0 Å². The van der Waals surface area contributed by atoms with Crippen LogP contribution in [-0.2, 0) is 12.8 Å². The molecule has 5 rings (SSSR count). The molecule has 0 unspecified atom stereocenters. The SMILES string of the molecule is c1cc(Cc2ccc3c(c2)Sc2cc(Cc4ccncc4)ccc2N3)ccn1. The van der Waals surface area contributed by atoms with E-state index in [0.29, 0.717) is 0 Å². The number of rotatable bonds is 4. The lowest BCUT2D eigenvalue weighted by Gasteiger charge is -2.22. The molecule has 0 saturated carbocycles. The van der Waals surface area contributed by atoms with Crippen molar-refractivity contribution in [3.63, 3.8) is 0 Å². The zero-order valence-electron chi connectivity index (χ0n) is 15.3. The number of fused-ring (bicyclic) bond motifs is 2. The zero-order chi connectivity index (χ0) is 18.8. The first-order valence-electron chi connectivity index (χ1n) is 9.32. The lowest BCUT2D eigenvalue weighted by molar-refractivity contribution is 1.13. The molecule has 2 aromatic heterocycles. The summed E-state index contributed by atoms with van der Waals surface area (Å²) in [6.45, 7) is 0. The topological polar surface area (TPSA) is 37.8 Å². The van der Waals surface area contributed by atoms with Gasteiger partial charge in [0.05, 0.1) is 11.4 Å². The van der Waals surface area contributed by atoms with Gasteiger partial charge in [0.2, 0.25) is 0 Å². The van der Waals surface area contributed by atoms with Gasteiger partial charge in [0.1, 0.15) is 0 Å². The summed E-state index contributed by atoms with van der Waals surface area (Å²) in [7, 11) is 0. The minimum atomic E-state index is 0.922. The van der Waals surface area contributed by atoms with E-state index in [9.17, 15) is 0 Å². The number of nitrogens with zero attached hydrogens (tertiary/aromatic N) is 2. The second kappa shape index (κ2) is 7.49. The Morgan fingerprint density at radius 3 is 1.50 bits per heavy atom. The first kappa shape index (κ1) is 17.0. The van der Waals surface area contributed by atoms with Crippen molar-refractivity contribution in [2.45, 2.75) is 22.6 Å². The molecule has 4 heteroatoms. The normalized spacial score (nSPS) is 12.0. The van der Waals surface area contributed by atoms with Crippen molar-refractivity contribution >= 4 is 23.1 Å². The van der Waals surface area contributed by atoms with E-state index in [1.807, 2.05) is 36.5 Å². The summed E-state index contributed by atoms with van der Waals surface area (Å²) < 4.78 is 0. The Kier molecular flexibility index (Phi) is 4.55. The van der Waals surface area contributed by atoms with E-state index >= 15 is 0 Å². The van der Waals surface area contributed by atoms with Crippen molar-refractivity contribution in [3.8, 4) is 0 Å². The van der Waals surface area contributed by atoms with Crippen molar-refractivity contribution in [1.29, 1.82) is 0 Å². The van der Waals surface area contributed by atoms with Crippen LogP contribution in [0.5, 0.6) is 0 Å². The number of nitrogens with one attached hydrogen (secondary N) is 1. The summed E-state index contributed by atoms with van der Waals surface area (Å²) in [5, 5.41) is 3.58. The zero-order valence-corrected chi connectivity index (χ0v) is 16.1. The van der Waals surface area contributed by atoms with Crippen LogP contribution in [-0.4, -0.2) is 9.97 Å². The highest BCUT2D eigenvalue weighted by Gasteiger charge is 2.16. The fourth-order valence-electron chi connectivity index (χ4n) is 3.47. The van der Waals surface area contributed by atoms with E-state index in [1.165, 1.54) is 43.4 Å². The van der Waals surface area contributed by atoms with E-state index in [1.54, 1.807) is 0 Å². The highest BCUT2D eigenvalue weighted by molar-refractivity contribution is 7.99. The van der Waals surface area contributed by atoms with Crippen LogP contribution in [0.4, 0.5) is 11.4 Å². The number of anilines is 2. The Labute approximate surface area is 168 Å². The van der Waals surface area contributed by atoms with Gasteiger partial charge in [0.25, 0.3) is 0 Å². The number of aromatic nitrogens is 2. The van der Waals surface area contributed by atoms with E-state index in [2.05, 4.69) is 75.9 Å². The molecule has 0 radical (unpaired) electrons. The van der Waals surface area contributed by atoms with Crippen LogP contribution in [0.2, 0.25) is 0 Å². The van der Waals surface area contributed by atoms with E-state index < -0.39 is 0 Å². The van der Waals surface area contributed by atoms with Gasteiger partial charge in [0, 0.05) is 34.6 Å². The molecule has 1 aliphatic rings. The third kappa shape index (κ3) is 3.64. The summed E-state index contributed by atoms with van der Waals surface area (Å²) in [6, 6.07) is 21.7. The highest BCUT2D eigenvalue weighted by Crippen LogP contribution is 2.45. The van der Waals surface area contributed by atoms with Gasteiger partial charge in [-0.1, -0.05) is 23.9 Å². The average Bonchev–Trinajstić information content (AvgIpc) is 2.74. The average molecular weight is 382 g/mol. The molecule has 0 aliphatic carbocycles.